The molecule has 2 aromatic rings. The van der Waals surface area contributed by atoms with E-state index in [1.54, 1.807) is 6.07 Å². The lowest BCUT2D eigenvalue weighted by Crippen LogP contribution is -2.42. The monoisotopic (exact) mass is 304 g/mol. The van der Waals surface area contributed by atoms with E-state index in [9.17, 15) is 5.26 Å². The zero-order valence-corrected chi connectivity index (χ0v) is 13.8. The van der Waals surface area contributed by atoms with Gasteiger partial charge in [-0.3, -0.25) is 0 Å². The molecule has 2 rings (SSSR count). The quantitative estimate of drug-likeness (QED) is 0.798. The van der Waals surface area contributed by atoms with Gasteiger partial charge in [0.05, 0.1) is 11.1 Å². The third-order valence-electron chi connectivity index (χ3n) is 4.05. The van der Waals surface area contributed by atoms with Gasteiger partial charge in [-0.15, -0.1) is 11.6 Å². The molecule has 0 aliphatic carbocycles. The predicted octanol–water partition coefficient (Wildman–Crippen LogP) is 3.03. The van der Waals surface area contributed by atoms with Crippen LogP contribution >= 0.6 is 11.6 Å². The molecule has 21 heavy (non-hydrogen) atoms. The summed E-state index contributed by atoms with van der Waals surface area (Å²) in [6.45, 7) is 5.19. The highest BCUT2D eigenvalue weighted by atomic mass is 35.5. The van der Waals surface area contributed by atoms with Crippen LogP contribution in [0.15, 0.2) is 18.2 Å². The number of nitriles is 1. The number of alkyl halides is 1. The molecule has 4 nitrogen and oxygen atoms in total. The minimum absolute atomic E-state index is 0.0165. The van der Waals surface area contributed by atoms with E-state index in [1.807, 2.05) is 12.1 Å². The summed E-state index contributed by atoms with van der Waals surface area (Å²) in [6, 6.07) is 7.96. The van der Waals surface area contributed by atoms with Crippen LogP contribution in [-0.2, 0) is 13.0 Å². The molecule has 0 saturated carbocycles. The fourth-order valence-corrected chi connectivity index (χ4v) is 2.43. The van der Waals surface area contributed by atoms with Crippen molar-refractivity contribution in [3.63, 3.8) is 0 Å². The first-order valence-corrected chi connectivity index (χ1v) is 7.56. The summed E-state index contributed by atoms with van der Waals surface area (Å²) in [4.78, 5) is 6.85. The number of benzene rings is 1. The highest BCUT2D eigenvalue weighted by molar-refractivity contribution is 6.17. The smallest absolute Gasteiger partial charge is 0.111 e. The molecule has 0 radical (unpaired) electrons. The van der Waals surface area contributed by atoms with Crippen molar-refractivity contribution in [2.75, 3.05) is 20.0 Å². The normalized spacial score (nSPS) is 12.0. The highest BCUT2D eigenvalue weighted by Gasteiger charge is 2.24. The molecule has 0 atom stereocenters. The lowest BCUT2D eigenvalue weighted by atomic mass is 10.0. The number of hydrogen-bond acceptors (Lipinski definition) is 3. The van der Waals surface area contributed by atoms with Crippen molar-refractivity contribution in [2.45, 2.75) is 32.4 Å². The Morgan fingerprint density at radius 3 is 2.67 bits per heavy atom. The van der Waals surface area contributed by atoms with Crippen molar-refractivity contribution in [3.8, 4) is 6.07 Å². The lowest BCUT2D eigenvalue weighted by Gasteiger charge is -2.33. The SMILES string of the molecule is CN(C)C(C)(C)Cn1c(CCCl)nc2c(C#N)cccc21. The molecule has 0 aliphatic rings. The minimum atomic E-state index is -0.0165. The van der Waals surface area contributed by atoms with Gasteiger partial charge in [-0.1, -0.05) is 6.07 Å². The number of likely N-dealkylation sites (N-methyl/N-ethyl adjacent to an activating group) is 1. The van der Waals surface area contributed by atoms with E-state index < -0.39 is 0 Å². The first-order chi connectivity index (χ1) is 9.90. The Morgan fingerprint density at radius 2 is 2.10 bits per heavy atom. The Kier molecular flexibility index (Phi) is 4.55. The summed E-state index contributed by atoms with van der Waals surface area (Å²) in [5.74, 6) is 1.46. The van der Waals surface area contributed by atoms with Crippen molar-refractivity contribution in [1.82, 2.24) is 14.5 Å². The van der Waals surface area contributed by atoms with Gasteiger partial charge in [-0.25, -0.2) is 4.98 Å². The number of para-hydroxylation sites is 1. The molecule has 112 valence electrons. The molecule has 0 aliphatic heterocycles. The lowest BCUT2D eigenvalue weighted by molar-refractivity contribution is 0.170. The fraction of sp³-hybridized carbons (Fsp3) is 0.500. The number of rotatable bonds is 5. The summed E-state index contributed by atoms with van der Waals surface area (Å²) < 4.78 is 2.19. The van der Waals surface area contributed by atoms with Gasteiger partial charge < -0.3 is 9.47 Å². The Balaban J connectivity index is 2.60. The summed E-state index contributed by atoms with van der Waals surface area (Å²) >= 11 is 5.91. The van der Waals surface area contributed by atoms with Crippen molar-refractivity contribution < 1.29 is 0 Å². The van der Waals surface area contributed by atoms with Crippen molar-refractivity contribution in [3.05, 3.63) is 29.6 Å². The van der Waals surface area contributed by atoms with Crippen molar-refractivity contribution >= 4 is 22.6 Å². The van der Waals surface area contributed by atoms with Crippen molar-refractivity contribution in [2.24, 2.45) is 0 Å². The van der Waals surface area contributed by atoms with E-state index in [2.05, 4.69) is 48.5 Å². The first kappa shape index (κ1) is 15.8. The topological polar surface area (TPSA) is 44.9 Å². The van der Waals surface area contributed by atoms with Crippen LogP contribution in [0, 0.1) is 11.3 Å². The second kappa shape index (κ2) is 6.05. The predicted molar refractivity (Wildman–Crippen MR) is 86.6 cm³/mol. The van der Waals surface area contributed by atoms with Crippen LogP contribution in [0.2, 0.25) is 0 Å². The molecule has 0 fully saturated rings. The summed E-state index contributed by atoms with van der Waals surface area (Å²) in [7, 11) is 4.14. The molecular weight excluding hydrogens is 284 g/mol. The number of halogens is 1. The molecule has 0 amide bonds. The second-order valence-corrected chi connectivity index (χ2v) is 6.42. The van der Waals surface area contributed by atoms with E-state index in [4.69, 9.17) is 11.6 Å². The van der Waals surface area contributed by atoms with Crippen LogP contribution < -0.4 is 0 Å². The average molecular weight is 305 g/mol. The largest absolute Gasteiger partial charge is 0.326 e. The van der Waals surface area contributed by atoms with Crippen LogP contribution in [0.25, 0.3) is 11.0 Å². The molecule has 1 aromatic heterocycles. The van der Waals surface area contributed by atoms with Crippen LogP contribution in [-0.4, -0.2) is 40.0 Å². The third-order valence-corrected chi connectivity index (χ3v) is 4.24. The third kappa shape index (κ3) is 3.04. The van der Waals surface area contributed by atoms with E-state index in [0.29, 0.717) is 17.9 Å². The molecule has 0 N–H and O–H groups in total. The average Bonchev–Trinajstić information content (AvgIpc) is 2.76. The standard InChI is InChI=1S/C16H21ClN4/c1-16(2,20(3)4)11-21-13-7-5-6-12(10-18)15(13)19-14(21)8-9-17/h5-7H,8-9,11H2,1-4H3. The number of hydrogen-bond donors (Lipinski definition) is 0. The molecular formula is C16H21ClN4. The van der Waals surface area contributed by atoms with Crippen LogP contribution in [0.1, 0.15) is 25.2 Å². The van der Waals surface area contributed by atoms with E-state index in [0.717, 1.165) is 23.4 Å². The van der Waals surface area contributed by atoms with Crippen LogP contribution in [0.4, 0.5) is 0 Å². The molecule has 0 bridgehead atoms. The fourth-order valence-electron chi connectivity index (χ4n) is 2.27. The molecule has 0 unspecified atom stereocenters. The van der Waals surface area contributed by atoms with Crippen LogP contribution in [0.3, 0.4) is 0 Å². The maximum Gasteiger partial charge on any atom is 0.111 e. The van der Waals surface area contributed by atoms with Gasteiger partial charge in [-0.2, -0.15) is 5.26 Å². The van der Waals surface area contributed by atoms with Gasteiger partial charge >= 0.3 is 0 Å². The Labute approximate surface area is 130 Å². The zero-order valence-electron chi connectivity index (χ0n) is 13.0. The summed E-state index contributed by atoms with van der Waals surface area (Å²) in [5, 5.41) is 9.25. The Bertz CT molecular complexity index is 679. The highest BCUT2D eigenvalue weighted by Crippen LogP contribution is 2.24. The van der Waals surface area contributed by atoms with Gasteiger partial charge in [0.15, 0.2) is 0 Å². The first-order valence-electron chi connectivity index (χ1n) is 7.02. The molecule has 1 aromatic carbocycles. The van der Waals surface area contributed by atoms with E-state index in [1.165, 1.54) is 0 Å². The van der Waals surface area contributed by atoms with Gasteiger partial charge in [-0.05, 0) is 40.1 Å². The molecule has 1 heterocycles. The van der Waals surface area contributed by atoms with E-state index in [-0.39, 0.29) is 5.54 Å². The second-order valence-electron chi connectivity index (χ2n) is 6.05. The van der Waals surface area contributed by atoms with Gasteiger partial charge in [0.1, 0.15) is 17.4 Å². The van der Waals surface area contributed by atoms with Crippen LogP contribution in [0.5, 0.6) is 0 Å². The molecule has 0 saturated heterocycles. The van der Waals surface area contributed by atoms with E-state index >= 15 is 0 Å². The Hall–Kier alpha value is -1.57. The maximum atomic E-state index is 9.25. The number of imidazole rings is 1. The van der Waals surface area contributed by atoms with Gasteiger partial charge in [0.2, 0.25) is 0 Å². The number of aryl methyl sites for hydroxylation is 1. The Morgan fingerprint density at radius 1 is 1.38 bits per heavy atom. The van der Waals surface area contributed by atoms with Crippen molar-refractivity contribution in [1.29, 1.82) is 5.26 Å². The van der Waals surface area contributed by atoms with Gasteiger partial charge in [0.25, 0.3) is 0 Å². The summed E-state index contributed by atoms with van der Waals surface area (Å²) in [5.41, 5.74) is 2.38. The summed E-state index contributed by atoms with van der Waals surface area (Å²) in [6.07, 6.45) is 0.699. The molecule has 0 spiro atoms. The number of nitrogens with zero attached hydrogens (tertiary/aromatic N) is 4. The molecule has 5 heteroatoms. The minimum Gasteiger partial charge on any atom is -0.326 e. The number of fused-ring (bicyclic) bond motifs is 1. The van der Waals surface area contributed by atoms with Gasteiger partial charge in [0, 0.05) is 24.4 Å². The zero-order chi connectivity index (χ0) is 15.6. The maximum absolute atomic E-state index is 9.25. The number of aromatic nitrogens is 2.